The van der Waals surface area contributed by atoms with Gasteiger partial charge in [-0.05, 0) is 19.1 Å². The monoisotopic (exact) mass is 310 g/mol. The Bertz CT molecular complexity index is 527. The second-order valence-electron chi connectivity index (χ2n) is 5.25. The van der Waals surface area contributed by atoms with Gasteiger partial charge in [0.2, 0.25) is 0 Å². The molecule has 114 valence electrons. The summed E-state index contributed by atoms with van der Waals surface area (Å²) in [7, 11) is 0. The molecule has 1 aromatic rings. The molecule has 2 rings (SSSR count). The minimum absolute atomic E-state index is 0.0138. The van der Waals surface area contributed by atoms with E-state index in [1.165, 1.54) is 0 Å². The van der Waals surface area contributed by atoms with E-state index >= 15 is 0 Å². The quantitative estimate of drug-likeness (QED) is 0.923. The predicted molar refractivity (Wildman–Crippen MR) is 80.6 cm³/mol. The number of carboxylic acids is 1. The van der Waals surface area contributed by atoms with Crippen LogP contribution in [0.15, 0.2) is 24.3 Å². The van der Waals surface area contributed by atoms with Crippen LogP contribution in [0.5, 0.6) is 0 Å². The number of carbonyl (C=O) groups excluding carboxylic acids is 1. The van der Waals surface area contributed by atoms with Crippen LogP contribution in [0.1, 0.15) is 23.7 Å². The van der Waals surface area contributed by atoms with E-state index in [1.54, 1.807) is 29.2 Å². The Morgan fingerprint density at radius 2 is 1.86 bits per heavy atom. The van der Waals surface area contributed by atoms with Gasteiger partial charge in [-0.1, -0.05) is 23.7 Å². The maximum Gasteiger partial charge on any atom is 0.304 e. The predicted octanol–water partition coefficient (Wildman–Crippen LogP) is 1.96. The lowest BCUT2D eigenvalue weighted by Crippen LogP contribution is -2.51. The van der Waals surface area contributed by atoms with Crippen molar-refractivity contribution in [3.05, 3.63) is 34.9 Å². The van der Waals surface area contributed by atoms with Crippen molar-refractivity contribution >= 4 is 23.5 Å². The number of nitrogens with zero attached hydrogens (tertiary/aromatic N) is 2. The number of amides is 1. The molecule has 1 unspecified atom stereocenters. The van der Waals surface area contributed by atoms with E-state index in [4.69, 9.17) is 16.7 Å². The Kier molecular flexibility index (Phi) is 5.20. The van der Waals surface area contributed by atoms with Crippen molar-refractivity contribution in [3.63, 3.8) is 0 Å². The van der Waals surface area contributed by atoms with Crippen molar-refractivity contribution in [3.8, 4) is 0 Å². The van der Waals surface area contributed by atoms with Gasteiger partial charge in [0.25, 0.3) is 5.91 Å². The molecule has 1 aliphatic heterocycles. The van der Waals surface area contributed by atoms with Crippen LogP contribution in [0.4, 0.5) is 0 Å². The number of carboxylic acid groups (broad SMARTS) is 1. The van der Waals surface area contributed by atoms with E-state index in [-0.39, 0.29) is 18.4 Å². The summed E-state index contributed by atoms with van der Waals surface area (Å²) in [5.74, 6) is -0.858. The van der Waals surface area contributed by atoms with Crippen molar-refractivity contribution < 1.29 is 14.7 Å². The number of aliphatic carboxylic acids is 1. The van der Waals surface area contributed by atoms with E-state index in [0.717, 1.165) is 0 Å². The zero-order chi connectivity index (χ0) is 15.4. The van der Waals surface area contributed by atoms with Crippen LogP contribution in [0.25, 0.3) is 0 Å². The average Bonchev–Trinajstić information content (AvgIpc) is 2.46. The highest BCUT2D eigenvalue weighted by molar-refractivity contribution is 6.33. The van der Waals surface area contributed by atoms with Gasteiger partial charge in [0.1, 0.15) is 0 Å². The first-order valence-corrected chi connectivity index (χ1v) is 7.36. The third-order valence-electron chi connectivity index (χ3n) is 3.80. The number of piperazine rings is 1. The van der Waals surface area contributed by atoms with Crippen LogP contribution in [-0.2, 0) is 4.79 Å². The first-order chi connectivity index (χ1) is 9.99. The molecule has 0 bridgehead atoms. The van der Waals surface area contributed by atoms with E-state index < -0.39 is 5.97 Å². The van der Waals surface area contributed by atoms with Gasteiger partial charge in [-0.15, -0.1) is 0 Å². The lowest BCUT2D eigenvalue weighted by molar-refractivity contribution is -0.138. The van der Waals surface area contributed by atoms with E-state index in [2.05, 4.69) is 4.90 Å². The summed E-state index contributed by atoms with van der Waals surface area (Å²) >= 11 is 6.05. The van der Waals surface area contributed by atoms with E-state index in [1.807, 2.05) is 6.92 Å². The Morgan fingerprint density at radius 1 is 1.24 bits per heavy atom. The van der Waals surface area contributed by atoms with Crippen LogP contribution in [0.2, 0.25) is 5.02 Å². The van der Waals surface area contributed by atoms with Crippen molar-refractivity contribution in [2.75, 3.05) is 26.2 Å². The fraction of sp³-hybridized carbons (Fsp3) is 0.467. The van der Waals surface area contributed by atoms with Crippen LogP contribution >= 0.6 is 11.6 Å². The van der Waals surface area contributed by atoms with Crippen molar-refractivity contribution in [2.24, 2.45) is 0 Å². The Labute approximate surface area is 129 Å². The zero-order valence-corrected chi connectivity index (χ0v) is 12.7. The topological polar surface area (TPSA) is 60.9 Å². The van der Waals surface area contributed by atoms with Crippen molar-refractivity contribution in [1.29, 1.82) is 0 Å². The molecule has 21 heavy (non-hydrogen) atoms. The molecule has 1 N–H and O–H groups in total. The molecule has 1 amide bonds. The first-order valence-electron chi connectivity index (χ1n) is 6.98. The average molecular weight is 311 g/mol. The maximum atomic E-state index is 12.4. The molecule has 6 heteroatoms. The fourth-order valence-electron chi connectivity index (χ4n) is 2.55. The summed E-state index contributed by atoms with van der Waals surface area (Å²) in [5.41, 5.74) is 0.520. The summed E-state index contributed by atoms with van der Waals surface area (Å²) in [5, 5.41) is 9.29. The molecule has 1 aromatic carbocycles. The van der Waals surface area contributed by atoms with Gasteiger partial charge in [0.15, 0.2) is 0 Å². The fourth-order valence-corrected chi connectivity index (χ4v) is 2.77. The van der Waals surface area contributed by atoms with Gasteiger partial charge in [-0.3, -0.25) is 14.5 Å². The van der Waals surface area contributed by atoms with Crippen molar-refractivity contribution in [1.82, 2.24) is 9.80 Å². The highest BCUT2D eigenvalue weighted by Gasteiger charge is 2.26. The lowest BCUT2D eigenvalue weighted by atomic mass is 10.1. The van der Waals surface area contributed by atoms with Crippen molar-refractivity contribution in [2.45, 2.75) is 19.4 Å². The Hall–Kier alpha value is -1.59. The van der Waals surface area contributed by atoms with Crippen LogP contribution in [0.3, 0.4) is 0 Å². The minimum Gasteiger partial charge on any atom is -0.481 e. The van der Waals surface area contributed by atoms with Gasteiger partial charge in [-0.25, -0.2) is 0 Å². The summed E-state index contributed by atoms with van der Waals surface area (Å²) in [6.07, 6.45) is 0.123. The van der Waals surface area contributed by atoms with Gasteiger partial charge >= 0.3 is 5.97 Å². The third kappa shape index (κ3) is 3.95. The summed E-state index contributed by atoms with van der Waals surface area (Å²) in [6.45, 7) is 4.46. The normalized spacial score (nSPS) is 17.5. The largest absolute Gasteiger partial charge is 0.481 e. The van der Waals surface area contributed by atoms with Gasteiger partial charge < -0.3 is 10.0 Å². The first kappa shape index (κ1) is 15.8. The number of halogens is 1. The number of rotatable bonds is 4. The molecule has 1 atom stereocenters. The summed E-state index contributed by atoms with van der Waals surface area (Å²) in [6, 6.07) is 7.01. The molecule has 1 saturated heterocycles. The van der Waals surface area contributed by atoms with Crippen LogP contribution in [0, 0.1) is 0 Å². The second kappa shape index (κ2) is 6.91. The molecule has 0 spiro atoms. The molecule has 1 aliphatic rings. The number of hydrogen-bond acceptors (Lipinski definition) is 3. The molecular formula is C15H19ClN2O3. The minimum atomic E-state index is -0.794. The van der Waals surface area contributed by atoms with Gasteiger partial charge in [0, 0.05) is 32.2 Å². The van der Waals surface area contributed by atoms with E-state index in [9.17, 15) is 9.59 Å². The van der Waals surface area contributed by atoms with Gasteiger partial charge in [-0.2, -0.15) is 0 Å². The molecule has 0 aromatic heterocycles. The zero-order valence-electron chi connectivity index (χ0n) is 12.0. The summed E-state index contributed by atoms with van der Waals surface area (Å²) in [4.78, 5) is 27.0. The molecular weight excluding hydrogens is 292 g/mol. The highest BCUT2D eigenvalue weighted by Crippen LogP contribution is 2.18. The molecule has 1 heterocycles. The SMILES string of the molecule is CC(CC(=O)O)N1CCN(C(=O)c2ccccc2Cl)CC1. The number of hydrogen-bond donors (Lipinski definition) is 1. The molecule has 0 aliphatic carbocycles. The summed E-state index contributed by atoms with van der Waals surface area (Å²) < 4.78 is 0. The molecule has 0 radical (unpaired) electrons. The van der Waals surface area contributed by atoms with Gasteiger partial charge in [0.05, 0.1) is 17.0 Å². The number of carbonyl (C=O) groups is 2. The Balaban J connectivity index is 1.93. The molecule has 0 saturated carbocycles. The third-order valence-corrected chi connectivity index (χ3v) is 4.13. The second-order valence-corrected chi connectivity index (χ2v) is 5.66. The van der Waals surface area contributed by atoms with E-state index in [0.29, 0.717) is 36.8 Å². The molecule has 5 nitrogen and oxygen atoms in total. The maximum absolute atomic E-state index is 12.4. The van der Waals surface area contributed by atoms with Crippen LogP contribution in [-0.4, -0.2) is 59.0 Å². The smallest absolute Gasteiger partial charge is 0.304 e. The number of benzene rings is 1. The highest BCUT2D eigenvalue weighted by atomic mass is 35.5. The van der Waals surface area contributed by atoms with Crippen LogP contribution < -0.4 is 0 Å². The standard InChI is InChI=1S/C15H19ClN2O3/c1-11(10-14(19)20)17-6-8-18(9-7-17)15(21)12-4-2-3-5-13(12)16/h2-5,11H,6-10H2,1H3,(H,19,20). The lowest BCUT2D eigenvalue weighted by Gasteiger charge is -2.37. The molecule has 1 fully saturated rings. The Morgan fingerprint density at radius 3 is 2.43 bits per heavy atom.